The molecular weight excluding hydrogens is 364 g/mol. The lowest BCUT2D eigenvalue weighted by Gasteiger charge is -2.20. The number of rotatable bonds is 8. The van der Waals surface area contributed by atoms with Gasteiger partial charge in [0.15, 0.2) is 0 Å². The van der Waals surface area contributed by atoms with Crippen LogP contribution in [0.15, 0.2) is 41.3 Å². The molecule has 2 aromatic carbocycles. The van der Waals surface area contributed by atoms with E-state index >= 15 is 0 Å². The Hall–Kier alpha value is -2.38. The number of carbonyl (C=O) groups is 1. The molecule has 0 fully saturated rings. The van der Waals surface area contributed by atoms with Crippen LogP contribution in [0.5, 0.6) is 5.75 Å². The number of hydrogen-bond acceptors (Lipinski definition) is 5. The van der Waals surface area contributed by atoms with Crippen molar-refractivity contribution in [2.24, 2.45) is 0 Å². The molecule has 0 spiro atoms. The molecule has 7 heteroatoms. The number of nitrogens with two attached hydrogens (primary N) is 1. The third-order valence-corrected chi connectivity index (χ3v) is 6.59. The lowest BCUT2D eigenvalue weighted by atomic mass is 10.1. The number of ketones is 1. The molecular formula is C20H26N2O4S. The number of ether oxygens (including phenoxy) is 1. The van der Waals surface area contributed by atoms with Crippen LogP contribution in [0.2, 0.25) is 0 Å². The molecule has 2 aromatic rings. The molecule has 2 N–H and O–H groups in total. The number of hydrogen-bond donors (Lipinski definition) is 1. The molecule has 0 atom stereocenters. The van der Waals surface area contributed by atoms with E-state index in [1.165, 1.54) is 11.4 Å². The van der Waals surface area contributed by atoms with E-state index in [-0.39, 0.29) is 30.1 Å². The third kappa shape index (κ3) is 5.08. The fraction of sp³-hybridized carbons (Fsp3) is 0.350. The Labute approximate surface area is 161 Å². The maximum absolute atomic E-state index is 12.9. The van der Waals surface area contributed by atoms with Gasteiger partial charge in [0.1, 0.15) is 11.5 Å². The summed E-state index contributed by atoms with van der Waals surface area (Å²) in [4.78, 5) is 12.5. The highest BCUT2D eigenvalue weighted by Gasteiger charge is 2.25. The second-order valence-electron chi connectivity index (χ2n) is 6.62. The van der Waals surface area contributed by atoms with E-state index in [1.54, 1.807) is 57.4 Å². The van der Waals surface area contributed by atoms with Crippen LogP contribution in [-0.4, -0.2) is 39.2 Å². The topological polar surface area (TPSA) is 89.7 Å². The van der Waals surface area contributed by atoms with E-state index in [9.17, 15) is 13.2 Å². The molecule has 2 rings (SSSR count). The van der Waals surface area contributed by atoms with Crippen molar-refractivity contribution in [1.82, 2.24) is 4.31 Å². The van der Waals surface area contributed by atoms with Gasteiger partial charge in [-0.05, 0) is 54.8 Å². The Bertz CT molecular complexity index is 898. The van der Waals surface area contributed by atoms with Crippen molar-refractivity contribution >= 4 is 21.5 Å². The molecule has 0 aliphatic heterocycles. The lowest BCUT2D eigenvalue weighted by molar-refractivity contribution is -0.118. The van der Waals surface area contributed by atoms with Gasteiger partial charge in [-0.15, -0.1) is 0 Å². The Kier molecular flexibility index (Phi) is 6.62. The summed E-state index contributed by atoms with van der Waals surface area (Å²) in [6.45, 7) is 3.60. The van der Waals surface area contributed by atoms with E-state index in [0.717, 1.165) is 5.56 Å². The van der Waals surface area contributed by atoms with E-state index in [1.807, 2.05) is 0 Å². The quantitative estimate of drug-likeness (QED) is 0.700. The number of anilines is 1. The van der Waals surface area contributed by atoms with Gasteiger partial charge in [-0.2, -0.15) is 0 Å². The summed E-state index contributed by atoms with van der Waals surface area (Å²) >= 11 is 0. The van der Waals surface area contributed by atoms with Gasteiger partial charge in [0, 0.05) is 32.1 Å². The van der Waals surface area contributed by atoms with Crippen molar-refractivity contribution in [3.63, 3.8) is 0 Å². The smallest absolute Gasteiger partial charge is 0.243 e. The fourth-order valence-corrected chi connectivity index (χ4v) is 4.52. The first-order valence-electron chi connectivity index (χ1n) is 8.63. The molecule has 0 amide bonds. The molecule has 0 saturated carbocycles. The Morgan fingerprint density at radius 3 is 2.19 bits per heavy atom. The zero-order chi connectivity index (χ0) is 20.2. The van der Waals surface area contributed by atoms with Crippen LogP contribution in [-0.2, 0) is 21.2 Å². The zero-order valence-electron chi connectivity index (χ0n) is 16.2. The minimum Gasteiger partial charge on any atom is -0.497 e. The molecule has 6 nitrogen and oxygen atoms in total. The average molecular weight is 391 g/mol. The number of nitrogens with zero attached hydrogens (tertiary/aromatic N) is 1. The predicted molar refractivity (Wildman–Crippen MR) is 106 cm³/mol. The second kappa shape index (κ2) is 8.54. The van der Waals surface area contributed by atoms with Crippen LogP contribution in [0.3, 0.4) is 0 Å². The van der Waals surface area contributed by atoms with Crippen molar-refractivity contribution in [2.75, 3.05) is 26.4 Å². The predicted octanol–water partition coefficient (Wildman–Crippen LogP) is 2.72. The van der Waals surface area contributed by atoms with E-state index < -0.39 is 10.0 Å². The van der Waals surface area contributed by atoms with Gasteiger partial charge >= 0.3 is 0 Å². The highest BCUT2D eigenvalue weighted by Crippen LogP contribution is 2.27. The maximum Gasteiger partial charge on any atom is 0.243 e. The van der Waals surface area contributed by atoms with Crippen LogP contribution < -0.4 is 10.5 Å². The number of aryl methyl sites for hydroxylation is 2. The molecule has 146 valence electrons. The summed E-state index contributed by atoms with van der Waals surface area (Å²) in [6, 6.07) is 10.5. The molecule has 0 radical (unpaired) electrons. The van der Waals surface area contributed by atoms with Crippen LogP contribution >= 0.6 is 0 Å². The van der Waals surface area contributed by atoms with Gasteiger partial charge in [0.05, 0.1) is 12.0 Å². The van der Waals surface area contributed by atoms with Crippen LogP contribution in [0.25, 0.3) is 0 Å². The Morgan fingerprint density at radius 1 is 1.11 bits per heavy atom. The number of sulfonamides is 1. The highest BCUT2D eigenvalue weighted by atomic mass is 32.2. The van der Waals surface area contributed by atoms with Gasteiger partial charge in [-0.25, -0.2) is 12.7 Å². The van der Waals surface area contributed by atoms with E-state index in [2.05, 4.69) is 0 Å². The van der Waals surface area contributed by atoms with Gasteiger partial charge < -0.3 is 10.5 Å². The number of methoxy groups -OCH3 is 1. The standard InChI is InChI=1S/C20H26N2O4S/c1-14-11-19(26-4)12-15(2)20(14)27(24,25)22(3)10-9-18(23)13-16-5-7-17(21)8-6-16/h5-8,11-12H,9-10,13,21H2,1-4H3. The largest absolute Gasteiger partial charge is 0.497 e. The maximum atomic E-state index is 12.9. The van der Waals surface area contributed by atoms with Gasteiger partial charge in [0.2, 0.25) is 10.0 Å². The number of carbonyl (C=O) groups excluding carboxylic acids is 1. The molecule has 0 aliphatic rings. The summed E-state index contributed by atoms with van der Waals surface area (Å²) in [5, 5.41) is 0. The highest BCUT2D eigenvalue weighted by molar-refractivity contribution is 7.89. The first-order chi connectivity index (χ1) is 12.6. The van der Waals surface area contributed by atoms with Gasteiger partial charge in [0.25, 0.3) is 0 Å². The summed E-state index contributed by atoms with van der Waals surface area (Å²) < 4.78 is 32.3. The summed E-state index contributed by atoms with van der Waals surface area (Å²) in [5.41, 5.74) is 8.37. The second-order valence-corrected chi connectivity index (χ2v) is 8.61. The van der Waals surface area contributed by atoms with E-state index in [0.29, 0.717) is 22.6 Å². The van der Waals surface area contributed by atoms with Crippen molar-refractivity contribution in [3.05, 3.63) is 53.1 Å². The minimum absolute atomic E-state index is 0.0232. The molecule has 27 heavy (non-hydrogen) atoms. The van der Waals surface area contributed by atoms with Crippen LogP contribution in [0, 0.1) is 13.8 Å². The number of Topliss-reactive ketones (excluding diaryl/α,β-unsaturated/α-hetero) is 1. The molecule has 0 unspecified atom stereocenters. The Morgan fingerprint density at radius 2 is 1.67 bits per heavy atom. The third-order valence-electron chi connectivity index (χ3n) is 4.42. The summed E-state index contributed by atoms with van der Waals surface area (Å²) in [5.74, 6) is 0.593. The lowest BCUT2D eigenvalue weighted by Crippen LogP contribution is -2.30. The number of nitrogen functional groups attached to an aromatic ring is 1. The number of benzene rings is 2. The monoisotopic (exact) mass is 390 g/mol. The minimum atomic E-state index is -3.69. The van der Waals surface area contributed by atoms with Crippen LogP contribution in [0.1, 0.15) is 23.1 Å². The van der Waals surface area contributed by atoms with Crippen molar-refractivity contribution in [3.8, 4) is 5.75 Å². The van der Waals surface area contributed by atoms with Gasteiger partial charge in [-0.1, -0.05) is 12.1 Å². The molecule has 0 saturated heterocycles. The Balaban J connectivity index is 2.07. The SMILES string of the molecule is COc1cc(C)c(S(=O)(=O)N(C)CCC(=O)Cc2ccc(N)cc2)c(C)c1. The zero-order valence-corrected chi connectivity index (χ0v) is 17.0. The molecule has 0 aromatic heterocycles. The average Bonchev–Trinajstić information content (AvgIpc) is 2.60. The summed E-state index contributed by atoms with van der Waals surface area (Å²) in [6.07, 6.45) is 0.406. The van der Waals surface area contributed by atoms with Gasteiger partial charge in [-0.3, -0.25) is 4.79 Å². The molecule has 0 heterocycles. The first kappa shape index (κ1) is 20.9. The summed E-state index contributed by atoms with van der Waals surface area (Å²) in [7, 11) is -0.653. The van der Waals surface area contributed by atoms with Crippen LogP contribution in [0.4, 0.5) is 5.69 Å². The normalized spacial score (nSPS) is 11.6. The molecule has 0 bridgehead atoms. The van der Waals surface area contributed by atoms with Crippen molar-refractivity contribution in [1.29, 1.82) is 0 Å². The fourth-order valence-electron chi connectivity index (χ4n) is 2.94. The first-order valence-corrected chi connectivity index (χ1v) is 10.1. The van der Waals surface area contributed by atoms with E-state index in [4.69, 9.17) is 10.5 Å². The molecule has 0 aliphatic carbocycles. The van der Waals surface area contributed by atoms with Crippen molar-refractivity contribution < 1.29 is 17.9 Å². The van der Waals surface area contributed by atoms with Crippen molar-refractivity contribution in [2.45, 2.75) is 31.6 Å².